The molecule has 1 aromatic carbocycles. The minimum absolute atomic E-state index is 0.605. The van der Waals surface area contributed by atoms with Crippen molar-refractivity contribution in [3.05, 3.63) is 51.3 Å². The Labute approximate surface area is 108 Å². The second kappa shape index (κ2) is 3.68. The molecule has 1 aliphatic carbocycles. The molecule has 2 aromatic rings. The highest BCUT2D eigenvalue weighted by Gasteiger charge is 2.43. The van der Waals surface area contributed by atoms with E-state index in [1.165, 1.54) is 0 Å². The molecule has 0 radical (unpaired) electrons. The molecule has 1 aliphatic rings. The zero-order chi connectivity index (χ0) is 12.0. The van der Waals surface area contributed by atoms with Crippen LogP contribution >= 0.6 is 15.9 Å². The summed E-state index contributed by atoms with van der Waals surface area (Å²) in [4.78, 5) is 0. The summed E-state index contributed by atoms with van der Waals surface area (Å²) < 4.78 is 6.25. The molecule has 0 amide bonds. The van der Waals surface area contributed by atoms with Gasteiger partial charge in [0.1, 0.15) is 0 Å². The van der Waals surface area contributed by atoms with Gasteiger partial charge in [0.25, 0.3) is 0 Å². The Balaban J connectivity index is 2.15. The number of aryl methyl sites for hydroxylation is 1. The first-order chi connectivity index (χ1) is 8.11. The molecular weight excluding hydrogens is 282 g/mol. The molecule has 0 saturated carbocycles. The van der Waals surface area contributed by atoms with Gasteiger partial charge in [0.2, 0.25) is 0 Å². The monoisotopic (exact) mass is 293 g/mol. The molecule has 88 valence electrons. The molecule has 1 heterocycles. The SMILES string of the molecule is Cc1noc2c1CCC2(O)c1cccc(Br)c1. The summed E-state index contributed by atoms with van der Waals surface area (Å²) in [7, 11) is 0. The molecular formula is C13H12BrNO2. The maximum absolute atomic E-state index is 10.8. The van der Waals surface area contributed by atoms with Crippen LogP contribution in [0.5, 0.6) is 0 Å². The predicted molar refractivity (Wildman–Crippen MR) is 66.7 cm³/mol. The summed E-state index contributed by atoms with van der Waals surface area (Å²) in [6.07, 6.45) is 1.47. The van der Waals surface area contributed by atoms with Crippen molar-refractivity contribution >= 4 is 15.9 Å². The summed E-state index contributed by atoms with van der Waals surface area (Å²) in [5, 5.41) is 14.7. The van der Waals surface area contributed by atoms with E-state index in [0.717, 1.165) is 27.7 Å². The van der Waals surface area contributed by atoms with Crippen LogP contribution in [0, 0.1) is 6.92 Å². The number of hydrogen-bond acceptors (Lipinski definition) is 3. The van der Waals surface area contributed by atoms with Crippen molar-refractivity contribution < 1.29 is 9.63 Å². The van der Waals surface area contributed by atoms with E-state index < -0.39 is 5.60 Å². The van der Waals surface area contributed by atoms with Crippen molar-refractivity contribution in [2.24, 2.45) is 0 Å². The van der Waals surface area contributed by atoms with E-state index in [9.17, 15) is 5.11 Å². The lowest BCUT2D eigenvalue weighted by atomic mass is 9.92. The van der Waals surface area contributed by atoms with Crippen LogP contribution in [-0.4, -0.2) is 10.3 Å². The van der Waals surface area contributed by atoms with Crippen molar-refractivity contribution in [2.75, 3.05) is 0 Å². The van der Waals surface area contributed by atoms with Gasteiger partial charge in [-0.3, -0.25) is 0 Å². The summed E-state index contributed by atoms with van der Waals surface area (Å²) >= 11 is 3.42. The molecule has 0 aliphatic heterocycles. The van der Waals surface area contributed by atoms with Crippen LogP contribution < -0.4 is 0 Å². The molecule has 1 unspecified atom stereocenters. The minimum atomic E-state index is -1.03. The van der Waals surface area contributed by atoms with Crippen molar-refractivity contribution in [3.8, 4) is 0 Å². The molecule has 3 rings (SSSR count). The van der Waals surface area contributed by atoms with Crippen LogP contribution in [0.1, 0.15) is 29.0 Å². The first kappa shape index (κ1) is 11.0. The van der Waals surface area contributed by atoms with Crippen LogP contribution in [0.15, 0.2) is 33.3 Å². The Kier molecular flexibility index (Phi) is 2.38. The molecule has 3 nitrogen and oxygen atoms in total. The van der Waals surface area contributed by atoms with Crippen LogP contribution in [0.4, 0.5) is 0 Å². The normalized spacial score (nSPS) is 22.8. The second-order valence-electron chi connectivity index (χ2n) is 4.45. The van der Waals surface area contributed by atoms with Crippen LogP contribution in [0.25, 0.3) is 0 Å². The highest BCUT2D eigenvalue weighted by Crippen LogP contribution is 2.43. The van der Waals surface area contributed by atoms with E-state index in [0.29, 0.717) is 12.2 Å². The van der Waals surface area contributed by atoms with Crippen molar-refractivity contribution in [1.29, 1.82) is 0 Å². The lowest BCUT2D eigenvalue weighted by molar-refractivity contribution is 0.0533. The van der Waals surface area contributed by atoms with Gasteiger partial charge in [-0.2, -0.15) is 0 Å². The molecule has 1 atom stereocenters. The molecule has 1 N–H and O–H groups in total. The van der Waals surface area contributed by atoms with E-state index in [2.05, 4.69) is 21.1 Å². The van der Waals surface area contributed by atoms with Gasteiger partial charge in [0.05, 0.1) is 5.69 Å². The Morgan fingerprint density at radius 2 is 2.29 bits per heavy atom. The number of halogens is 1. The third-order valence-corrected chi connectivity index (χ3v) is 3.89. The number of aliphatic hydroxyl groups is 1. The zero-order valence-corrected chi connectivity index (χ0v) is 11.0. The van der Waals surface area contributed by atoms with E-state index in [1.54, 1.807) is 0 Å². The van der Waals surface area contributed by atoms with Crippen LogP contribution in [0.2, 0.25) is 0 Å². The summed E-state index contributed by atoms with van der Waals surface area (Å²) in [5.74, 6) is 0.605. The third-order valence-electron chi connectivity index (χ3n) is 3.40. The highest BCUT2D eigenvalue weighted by molar-refractivity contribution is 9.10. The Bertz CT molecular complexity index is 579. The van der Waals surface area contributed by atoms with E-state index in [4.69, 9.17) is 4.52 Å². The van der Waals surface area contributed by atoms with Crippen LogP contribution in [0.3, 0.4) is 0 Å². The number of nitrogens with zero attached hydrogens (tertiary/aromatic N) is 1. The van der Waals surface area contributed by atoms with E-state index in [-0.39, 0.29) is 0 Å². The molecule has 17 heavy (non-hydrogen) atoms. The fourth-order valence-electron chi connectivity index (χ4n) is 2.45. The summed E-state index contributed by atoms with van der Waals surface area (Å²) in [6.45, 7) is 1.91. The molecule has 0 saturated heterocycles. The van der Waals surface area contributed by atoms with Gasteiger partial charge < -0.3 is 9.63 Å². The van der Waals surface area contributed by atoms with Gasteiger partial charge in [-0.05, 0) is 37.5 Å². The smallest absolute Gasteiger partial charge is 0.176 e. The zero-order valence-electron chi connectivity index (χ0n) is 9.40. The second-order valence-corrected chi connectivity index (χ2v) is 5.36. The quantitative estimate of drug-likeness (QED) is 0.879. The minimum Gasteiger partial charge on any atom is -0.377 e. The number of fused-ring (bicyclic) bond motifs is 1. The van der Waals surface area contributed by atoms with Gasteiger partial charge in [-0.1, -0.05) is 33.2 Å². The predicted octanol–water partition coefficient (Wildman–Crippen LogP) is 2.93. The maximum atomic E-state index is 10.8. The first-order valence-electron chi connectivity index (χ1n) is 5.55. The summed E-state index contributed by atoms with van der Waals surface area (Å²) in [6, 6.07) is 7.69. The molecule has 0 fully saturated rings. The van der Waals surface area contributed by atoms with Gasteiger partial charge in [0.15, 0.2) is 11.4 Å². The van der Waals surface area contributed by atoms with E-state index >= 15 is 0 Å². The number of rotatable bonds is 1. The lowest BCUT2D eigenvalue weighted by Gasteiger charge is -2.21. The molecule has 0 spiro atoms. The number of benzene rings is 1. The van der Waals surface area contributed by atoms with Gasteiger partial charge in [-0.25, -0.2) is 0 Å². The number of aromatic nitrogens is 1. The molecule has 1 aromatic heterocycles. The lowest BCUT2D eigenvalue weighted by Crippen LogP contribution is -2.23. The summed E-state index contributed by atoms with van der Waals surface area (Å²) in [5.41, 5.74) is 1.75. The fraction of sp³-hybridized carbons (Fsp3) is 0.308. The average molecular weight is 294 g/mol. The number of hydrogen-bond donors (Lipinski definition) is 1. The van der Waals surface area contributed by atoms with Crippen molar-refractivity contribution in [3.63, 3.8) is 0 Å². The first-order valence-corrected chi connectivity index (χ1v) is 6.34. The topological polar surface area (TPSA) is 46.3 Å². The van der Waals surface area contributed by atoms with Crippen molar-refractivity contribution in [2.45, 2.75) is 25.4 Å². The molecule has 4 heteroatoms. The Morgan fingerprint density at radius 3 is 3.06 bits per heavy atom. The van der Waals surface area contributed by atoms with Crippen molar-refractivity contribution in [1.82, 2.24) is 5.16 Å². The third kappa shape index (κ3) is 1.55. The van der Waals surface area contributed by atoms with Gasteiger partial charge in [0, 0.05) is 10.0 Å². The standard InChI is InChI=1S/C13H12BrNO2/c1-8-11-5-6-13(16,12(11)17-15-8)9-3-2-4-10(14)7-9/h2-4,7,16H,5-6H2,1H3. The maximum Gasteiger partial charge on any atom is 0.176 e. The Hall–Kier alpha value is -1.13. The Morgan fingerprint density at radius 1 is 1.47 bits per heavy atom. The van der Waals surface area contributed by atoms with Gasteiger partial charge >= 0.3 is 0 Å². The van der Waals surface area contributed by atoms with Gasteiger partial charge in [-0.15, -0.1) is 0 Å². The van der Waals surface area contributed by atoms with Crippen LogP contribution in [-0.2, 0) is 12.0 Å². The largest absolute Gasteiger partial charge is 0.377 e. The fourth-order valence-corrected chi connectivity index (χ4v) is 2.85. The highest BCUT2D eigenvalue weighted by atomic mass is 79.9. The van der Waals surface area contributed by atoms with E-state index in [1.807, 2.05) is 31.2 Å². The molecule has 0 bridgehead atoms. The average Bonchev–Trinajstić information content (AvgIpc) is 2.83.